The van der Waals surface area contributed by atoms with E-state index in [9.17, 15) is 0 Å². The van der Waals surface area contributed by atoms with Crippen LogP contribution in [-0.4, -0.2) is 6.04 Å². The lowest BCUT2D eigenvalue weighted by Crippen LogP contribution is -2.35. The van der Waals surface area contributed by atoms with Crippen molar-refractivity contribution in [1.29, 1.82) is 0 Å². The topological polar surface area (TPSA) is 3.24 Å². The van der Waals surface area contributed by atoms with E-state index in [1.807, 2.05) is 0 Å². The molecule has 46 heavy (non-hydrogen) atoms. The summed E-state index contributed by atoms with van der Waals surface area (Å²) in [4.78, 5) is 2.61. The number of hydrogen-bond acceptors (Lipinski definition) is 1. The molecule has 3 unspecified atom stereocenters. The first-order chi connectivity index (χ1) is 22.7. The Bertz CT molecular complexity index is 2080. The summed E-state index contributed by atoms with van der Waals surface area (Å²) in [6, 6.07) is 40.6. The summed E-state index contributed by atoms with van der Waals surface area (Å²) in [6.07, 6.45) is 22.7. The van der Waals surface area contributed by atoms with Gasteiger partial charge in [-0.05, 0) is 105 Å². The van der Waals surface area contributed by atoms with E-state index in [4.69, 9.17) is 0 Å². The highest BCUT2D eigenvalue weighted by molar-refractivity contribution is 6.07. The molecule has 5 aromatic rings. The van der Waals surface area contributed by atoms with Gasteiger partial charge in [-0.3, -0.25) is 0 Å². The van der Waals surface area contributed by atoms with E-state index in [1.54, 1.807) is 0 Å². The Morgan fingerprint density at radius 3 is 2.00 bits per heavy atom. The van der Waals surface area contributed by atoms with Gasteiger partial charge in [-0.2, -0.15) is 0 Å². The number of fused-ring (bicyclic) bond motifs is 2. The van der Waals surface area contributed by atoms with Gasteiger partial charge in [-0.25, -0.2) is 0 Å². The van der Waals surface area contributed by atoms with E-state index in [0.29, 0.717) is 17.9 Å². The van der Waals surface area contributed by atoms with Crippen LogP contribution in [0.1, 0.15) is 50.5 Å². The van der Waals surface area contributed by atoms with Crippen molar-refractivity contribution < 1.29 is 0 Å². The summed E-state index contributed by atoms with van der Waals surface area (Å²) < 4.78 is 0. The predicted octanol–water partition coefficient (Wildman–Crippen LogP) is 10.3. The highest BCUT2D eigenvalue weighted by Crippen LogP contribution is 2.38. The molecule has 3 atom stereocenters. The van der Waals surface area contributed by atoms with E-state index in [1.165, 1.54) is 73.3 Å². The van der Waals surface area contributed by atoms with Crippen molar-refractivity contribution in [1.82, 2.24) is 0 Å². The molecule has 226 valence electrons. The van der Waals surface area contributed by atoms with Crippen LogP contribution in [0.15, 0.2) is 145 Å². The van der Waals surface area contributed by atoms with E-state index >= 15 is 0 Å². The molecule has 0 fully saturated rings. The summed E-state index contributed by atoms with van der Waals surface area (Å²) in [5.74, 6) is 0.928. The first kappa shape index (κ1) is 28.6. The van der Waals surface area contributed by atoms with E-state index in [2.05, 4.69) is 164 Å². The van der Waals surface area contributed by atoms with E-state index < -0.39 is 0 Å². The molecule has 0 saturated carbocycles. The third kappa shape index (κ3) is 5.35. The third-order valence-electron chi connectivity index (χ3n) is 10.1. The number of hydrogen-bond donors (Lipinski definition) is 0. The fourth-order valence-corrected chi connectivity index (χ4v) is 7.82. The number of benzene rings is 5. The van der Waals surface area contributed by atoms with Gasteiger partial charge in [0.1, 0.15) is 0 Å². The van der Waals surface area contributed by atoms with Crippen molar-refractivity contribution in [2.24, 2.45) is 5.92 Å². The second-order valence-electron chi connectivity index (χ2n) is 13.2. The van der Waals surface area contributed by atoms with Crippen LogP contribution in [0, 0.1) is 5.92 Å². The molecule has 3 aliphatic carbocycles. The van der Waals surface area contributed by atoms with Gasteiger partial charge in [0.2, 0.25) is 0 Å². The largest absolute Gasteiger partial charge is 0.335 e. The molecule has 0 bridgehead atoms. The van der Waals surface area contributed by atoms with Crippen molar-refractivity contribution in [3.63, 3.8) is 0 Å². The van der Waals surface area contributed by atoms with Crippen LogP contribution < -0.4 is 15.3 Å². The molecule has 0 N–H and O–H groups in total. The van der Waals surface area contributed by atoms with Crippen LogP contribution in [0.5, 0.6) is 0 Å². The molecule has 0 spiro atoms. The summed E-state index contributed by atoms with van der Waals surface area (Å²) in [6.45, 7) is 2.34. The van der Waals surface area contributed by atoms with Crippen LogP contribution in [0.2, 0.25) is 0 Å². The number of allylic oxidation sites excluding steroid dienone is 4. The van der Waals surface area contributed by atoms with Gasteiger partial charge in [0.25, 0.3) is 0 Å². The van der Waals surface area contributed by atoms with Gasteiger partial charge in [-0.1, -0.05) is 140 Å². The van der Waals surface area contributed by atoms with Crippen molar-refractivity contribution in [2.45, 2.75) is 51.0 Å². The lowest BCUT2D eigenvalue weighted by molar-refractivity contribution is 0.618. The first-order valence-corrected chi connectivity index (χ1v) is 17.1. The molecule has 0 radical (unpaired) electrons. The minimum atomic E-state index is 0.336. The van der Waals surface area contributed by atoms with Crippen LogP contribution in [0.4, 0.5) is 5.69 Å². The minimum Gasteiger partial charge on any atom is -0.335 e. The monoisotopic (exact) mass is 595 g/mol. The number of anilines is 1. The van der Waals surface area contributed by atoms with Crippen LogP contribution in [0.25, 0.3) is 45.2 Å². The Balaban J connectivity index is 1.35. The molecule has 0 heterocycles. The van der Waals surface area contributed by atoms with Crippen molar-refractivity contribution in [3.8, 4) is 22.3 Å². The quantitative estimate of drug-likeness (QED) is 0.177. The van der Waals surface area contributed by atoms with Gasteiger partial charge in [0, 0.05) is 17.3 Å². The molecule has 8 rings (SSSR count). The Labute approximate surface area is 273 Å². The Kier molecular flexibility index (Phi) is 7.76. The normalized spacial score (nSPS) is 20.4. The Morgan fingerprint density at radius 2 is 1.35 bits per heavy atom. The zero-order chi connectivity index (χ0) is 30.9. The standard InChI is InChI=1S/C45H41N/c1-32-22-28-40-42(30-32)44(35-16-8-3-9-17-35)41-29-27-39(31-43(41)45(40)36-18-10-4-11-19-36)46(37-20-12-5-13-21-37)38-25-23-34(24-26-38)33-14-6-2-7-15-33/h2-4,6-12,14-20,23,25-32,34,37H,5,13,21-22,24H2,1H3. The second kappa shape index (κ2) is 12.5. The highest BCUT2D eigenvalue weighted by Gasteiger charge is 2.25. The molecule has 0 aromatic heterocycles. The second-order valence-corrected chi connectivity index (χ2v) is 13.2. The molecular formula is C45H41N. The minimum absolute atomic E-state index is 0.336. The maximum atomic E-state index is 2.61. The van der Waals surface area contributed by atoms with Crippen molar-refractivity contribution >= 4 is 28.6 Å². The molecule has 1 heteroatoms. The smallest absolute Gasteiger partial charge is 0.0522 e. The summed E-state index contributed by atoms with van der Waals surface area (Å²) in [5, 5.41) is 5.40. The van der Waals surface area contributed by atoms with E-state index in [-0.39, 0.29) is 0 Å². The van der Waals surface area contributed by atoms with Crippen molar-refractivity contribution in [2.75, 3.05) is 4.90 Å². The summed E-state index contributed by atoms with van der Waals surface area (Å²) in [5.41, 5.74) is 9.23. The average molecular weight is 596 g/mol. The maximum Gasteiger partial charge on any atom is 0.0522 e. The van der Waals surface area contributed by atoms with Crippen molar-refractivity contribution in [3.05, 3.63) is 161 Å². The molecule has 3 aliphatic rings. The molecule has 0 aliphatic heterocycles. The lowest BCUT2D eigenvalue weighted by atomic mass is 9.84. The van der Waals surface area contributed by atoms with E-state index in [0.717, 1.165) is 19.3 Å². The zero-order valence-corrected chi connectivity index (χ0v) is 26.6. The molecular weight excluding hydrogens is 555 g/mol. The molecule has 0 saturated heterocycles. The van der Waals surface area contributed by atoms with Crippen LogP contribution in [0.3, 0.4) is 0 Å². The van der Waals surface area contributed by atoms with Gasteiger partial charge in [0.15, 0.2) is 0 Å². The summed E-state index contributed by atoms with van der Waals surface area (Å²) in [7, 11) is 0. The fraction of sp³-hybridized carbons (Fsp3) is 0.200. The first-order valence-electron chi connectivity index (χ1n) is 17.1. The maximum absolute atomic E-state index is 2.61. The SMILES string of the molecule is CC1C=c2c(-c3ccccc3)c3ccc(N(C4=CCC(c5ccccc5)C=C4)C4C=CCCC4)cc3c(-c3ccccc3)c2=CC1. The highest BCUT2D eigenvalue weighted by atomic mass is 15.2. The third-order valence-corrected chi connectivity index (χ3v) is 10.1. The van der Waals surface area contributed by atoms with Crippen LogP contribution >= 0.6 is 0 Å². The molecule has 1 nitrogen and oxygen atoms in total. The van der Waals surface area contributed by atoms with Crippen LogP contribution in [-0.2, 0) is 0 Å². The Morgan fingerprint density at radius 1 is 0.652 bits per heavy atom. The van der Waals surface area contributed by atoms with Gasteiger partial charge < -0.3 is 4.90 Å². The molecule has 0 amide bonds. The number of nitrogens with zero attached hydrogens (tertiary/aromatic N) is 1. The summed E-state index contributed by atoms with van der Waals surface area (Å²) >= 11 is 0. The predicted molar refractivity (Wildman–Crippen MR) is 197 cm³/mol. The molecule has 5 aromatic carbocycles. The Hall–Kier alpha value is -4.88. The van der Waals surface area contributed by atoms with Gasteiger partial charge >= 0.3 is 0 Å². The number of rotatable bonds is 6. The average Bonchev–Trinajstić information content (AvgIpc) is 3.12. The lowest BCUT2D eigenvalue weighted by Gasteiger charge is -2.36. The van der Waals surface area contributed by atoms with Gasteiger partial charge in [-0.15, -0.1) is 0 Å². The fourth-order valence-electron chi connectivity index (χ4n) is 7.82. The zero-order valence-electron chi connectivity index (χ0n) is 26.6. The van der Waals surface area contributed by atoms with Gasteiger partial charge in [0.05, 0.1) is 6.04 Å².